The summed E-state index contributed by atoms with van der Waals surface area (Å²) in [5, 5.41) is 2.79. The molecule has 0 spiro atoms. The van der Waals surface area contributed by atoms with Crippen LogP contribution < -0.4 is 5.32 Å². The molecule has 2 aromatic rings. The smallest absolute Gasteiger partial charge is 0.255 e. The van der Waals surface area contributed by atoms with E-state index in [0.29, 0.717) is 24.3 Å². The number of carbonyl (C=O) groups excluding carboxylic acids is 2. The molecule has 0 bridgehead atoms. The van der Waals surface area contributed by atoms with E-state index < -0.39 is 6.04 Å². The van der Waals surface area contributed by atoms with E-state index in [9.17, 15) is 14.0 Å². The Labute approximate surface area is 145 Å². The van der Waals surface area contributed by atoms with Crippen molar-refractivity contribution in [1.29, 1.82) is 0 Å². The largest absolute Gasteiger partial charge is 0.383 e. The third kappa shape index (κ3) is 3.53. The highest BCUT2D eigenvalue weighted by molar-refractivity contribution is 6.04. The first-order valence-corrected chi connectivity index (χ1v) is 8.03. The number of rotatable bonds is 6. The van der Waals surface area contributed by atoms with Gasteiger partial charge in [-0.3, -0.25) is 9.59 Å². The van der Waals surface area contributed by atoms with E-state index in [1.54, 1.807) is 37.4 Å². The minimum atomic E-state index is -0.703. The maximum absolute atomic E-state index is 13.1. The Morgan fingerprint density at radius 3 is 2.64 bits per heavy atom. The Balaban J connectivity index is 1.87. The average molecular weight is 342 g/mol. The van der Waals surface area contributed by atoms with Crippen LogP contribution in [0.5, 0.6) is 0 Å². The first-order chi connectivity index (χ1) is 12.1. The van der Waals surface area contributed by atoms with Crippen molar-refractivity contribution in [3.63, 3.8) is 0 Å². The molecular formula is C19H19FN2O3. The van der Waals surface area contributed by atoms with E-state index in [-0.39, 0.29) is 24.2 Å². The maximum atomic E-state index is 13.1. The fourth-order valence-electron chi connectivity index (χ4n) is 2.98. The number of carbonyl (C=O) groups is 2. The van der Waals surface area contributed by atoms with Crippen LogP contribution in [0, 0.1) is 5.82 Å². The van der Waals surface area contributed by atoms with E-state index in [1.807, 2.05) is 6.07 Å². The van der Waals surface area contributed by atoms with Crippen LogP contribution in [0.4, 0.5) is 4.39 Å². The number of benzene rings is 2. The monoisotopic (exact) mass is 342 g/mol. The van der Waals surface area contributed by atoms with Crippen LogP contribution in [-0.2, 0) is 16.1 Å². The highest BCUT2D eigenvalue weighted by atomic mass is 19.1. The summed E-state index contributed by atoms with van der Waals surface area (Å²) < 4.78 is 18.1. The van der Waals surface area contributed by atoms with Crippen molar-refractivity contribution in [2.45, 2.75) is 12.6 Å². The van der Waals surface area contributed by atoms with E-state index in [1.165, 1.54) is 17.0 Å². The molecule has 1 heterocycles. The van der Waals surface area contributed by atoms with Gasteiger partial charge in [0.25, 0.3) is 5.91 Å². The Morgan fingerprint density at radius 1 is 1.20 bits per heavy atom. The summed E-state index contributed by atoms with van der Waals surface area (Å²) >= 11 is 0. The third-order valence-electron chi connectivity index (χ3n) is 4.18. The van der Waals surface area contributed by atoms with Crippen LogP contribution >= 0.6 is 0 Å². The lowest BCUT2D eigenvalue weighted by Gasteiger charge is -2.24. The van der Waals surface area contributed by atoms with Crippen molar-refractivity contribution >= 4 is 11.8 Å². The van der Waals surface area contributed by atoms with Gasteiger partial charge >= 0.3 is 0 Å². The lowest BCUT2D eigenvalue weighted by molar-refractivity contribution is -0.125. The van der Waals surface area contributed by atoms with Gasteiger partial charge in [0.05, 0.1) is 6.61 Å². The second kappa shape index (κ2) is 7.44. The zero-order chi connectivity index (χ0) is 17.8. The summed E-state index contributed by atoms with van der Waals surface area (Å²) in [6.07, 6.45) is 0. The highest BCUT2D eigenvalue weighted by Crippen LogP contribution is 2.34. The topological polar surface area (TPSA) is 58.6 Å². The Kier molecular flexibility index (Phi) is 5.09. The van der Waals surface area contributed by atoms with Crippen LogP contribution in [0.2, 0.25) is 0 Å². The maximum Gasteiger partial charge on any atom is 0.255 e. The van der Waals surface area contributed by atoms with Crippen LogP contribution in [0.1, 0.15) is 27.5 Å². The number of ether oxygens (including phenoxy) is 1. The number of hydrogen-bond donors (Lipinski definition) is 1. The van der Waals surface area contributed by atoms with Gasteiger partial charge in [-0.15, -0.1) is 0 Å². The highest BCUT2D eigenvalue weighted by Gasteiger charge is 2.40. The van der Waals surface area contributed by atoms with Gasteiger partial charge in [-0.05, 0) is 29.3 Å². The van der Waals surface area contributed by atoms with Crippen molar-refractivity contribution in [2.24, 2.45) is 0 Å². The first kappa shape index (κ1) is 17.1. The van der Waals surface area contributed by atoms with E-state index >= 15 is 0 Å². The third-order valence-corrected chi connectivity index (χ3v) is 4.18. The summed E-state index contributed by atoms with van der Waals surface area (Å²) in [5.74, 6) is -0.794. The average Bonchev–Trinajstić information content (AvgIpc) is 2.90. The second-order valence-corrected chi connectivity index (χ2v) is 5.83. The van der Waals surface area contributed by atoms with Gasteiger partial charge in [0.1, 0.15) is 11.9 Å². The van der Waals surface area contributed by atoms with Crippen LogP contribution in [0.25, 0.3) is 0 Å². The molecule has 1 atom stereocenters. The van der Waals surface area contributed by atoms with Crippen LogP contribution in [0.15, 0.2) is 48.5 Å². The standard InChI is InChI=1S/C19H19FN2O3/c1-25-11-10-21-18(23)17-15-4-2-3-5-16(15)19(24)22(17)12-13-6-8-14(20)9-7-13/h2-9,17H,10-12H2,1H3,(H,21,23). The number of nitrogens with one attached hydrogen (secondary N) is 1. The molecular weight excluding hydrogens is 323 g/mol. The molecule has 3 rings (SSSR count). The Morgan fingerprint density at radius 2 is 1.92 bits per heavy atom. The molecule has 5 nitrogen and oxygen atoms in total. The van der Waals surface area contributed by atoms with Gasteiger partial charge in [0.15, 0.2) is 0 Å². The zero-order valence-corrected chi connectivity index (χ0v) is 13.9. The van der Waals surface area contributed by atoms with E-state index in [0.717, 1.165) is 5.56 Å². The first-order valence-electron chi connectivity index (χ1n) is 8.03. The minimum absolute atomic E-state index is 0.202. The Hall–Kier alpha value is -2.73. The molecule has 1 N–H and O–H groups in total. The van der Waals surface area contributed by atoms with E-state index in [2.05, 4.69) is 5.32 Å². The molecule has 130 valence electrons. The molecule has 0 saturated carbocycles. The van der Waals surface area contributed by atoms with E-state index in [4.69, 9.17) is 4.74 Å². The fraction of sp³-hybridized carbons (Fsp3) is 0.263. The van der Waals surface area contributed by atoms with Crippen molar-refractivity contribution in [1.82, 2.24) is 10.2 Å². The molecule has 1 unspecified atom stereocenters. The summed E-state index contributed by atoms with van der Waals surface area (Å²) in [4.78, 5) is 26.9. The molecule has 1 aliphatic rings. The molecule has 2 aromatic carbocycles. The molecule has 1 aliphatic heterocycles. The summed E-state index contributed by atoms with van der Waals surface area (Å²) in [6, 6.07) is 12.3. The zero-order valence-electron chi connectivity index (χ0n) is 13.9. The van der Waals surface area contributed by atoms with Gasteiger partial charge in [0, 0.05) is 25.8 Å². The van der Waals surface area contributed by atoms with Crippen LogP contribution in [0.3, 0.4) is 0 Å². The van der Waals surface area contributed by atoms with Crippen molar-refractivity contribution in [3.8, 4) is 0 Å². The number of amides is 2. The molecule has 0 aliphatic carbocycles. The number of halogens is 1. The molecule has 6 heteroatoms. The van der Waals surface area contributed by atoms with Crippen LogP contribution in [-0.4, -0.2) is 37.0 Å². The van der Waals surface area contributed by atoms with Gasteiger partial charge in [-0.1, -0.05) is 30.3 Å². The summed E-state index contributed by atoms with van der Waals surface area (Å²) in [5.41, 5.74) is 1.97. The quantitative estimate of drug-likeness (QED) is 0.820. The van der Waals surface area contributed by atoms with Gasteiger partial charge in [-0.2, -0.15) is 0 Å². The lowest BCUT2D eigenvalue weighted by Crippen LogP contribution is -2.39. The summed E-state index contributed by atoms with van der Waals surface area (Å²) in [7, 11) is 1.56. The molecule has 2 amide bonds. The summed E-state index contributed by atoms with van der Waals surface area (Å²) in [6.45, 7) is 0.995. The fourth-order valence-corrected chi connectivity index (χ4v) is 2.98. The lowest BCUT2D eigenvalue weighted by atomic mass is 10.0. The van der Waals surface area contributed by atoms with Crippen molar-refractivity contribution in [3.05, 3.63) is 71.0 Å². The molecule has 0 radical (unpaired) electrons. The molecule has 0 saturated heterocycles. The minimum Gasteiger partial charge on any atom is -0.383 e. The molecule has 0 fully saturated rings. The van der Waals surface area contributed by atoms with Gasteiger partial charge in [-0.25, -0.2) is 4.39 Å². The number of nitrogens with zero attached hydrogens (tertiary/aromatic N) is 1. The van der Waals surface area contributed by atoms with Gasteiger partial charge in [0.2, 0.25) is 5.91 Å². The normalized spacial score (nSPS) is 16.0. The van der Waals surface area contributed by atoms with Gasteiger partial charge < -0.3 is 15.0 Å². The number of hydrogen-bond acceptors (Lipinski definition) is 3. The predicted octanol–water partition coefficient (Wildman–Crippen LogP) is 2.29. The number of fused-ring (bicyclic) bond motifs is 1. The van der Waals surface area contributed by atoms with Crippen molar-refractivity contribution < 1.29 is 18.7 Å². The predicted molar refractivity (Wildman–Crippen MR) is 90.3 cm³/mol. The second-order valence-electron chi connectivity index (χ2n) is 5.83. The molecule has 0 aromatic heterocycles. The Bertz CT molecular complexity index is 776. The SMILES string of the molecule is COCCNC(=O)C1c2ccccc2C(=O)N1Cc1ccc(F)cc1. The van der Waals surface area contributed by atoms with Crippen molar-refractivity contribution in [2.75, 3.05) is 20.3 Å². The number of methoxy groups -OCH3 is 1. The molecule has 25 heavy (non-hydrogen) atoms.